The minimum atomic E-state index is -2.76. The standard InChI is InChI=1S/C9H11F2N3O2/c1-16-7(15)3-5-8(13)4(9(10)11)2-6(12)14-5/h2,9H,3,13H2,1H3,(H2,12,14). The number of esters is 1. The van der Waals surface area contributed by atoms with Gasteiger partial charge in [-0.3, -0.25) is 4.79 Å². The van der Waals surface area contributed by atoms with E-state index in [2.05, 4.69) is 9.72 Å². The first-order chi connectivity index (χ1) is 7.45. The number of hydrogen-bond donors (Lipinski definition) is 2. The number of aromatic nitrogens is 1. The predicted molar refractivity (Wildman–Crippen MR) is 53.7 cm³/mol. The first kappa shape index (κ1) is 12.2. The molecule has 1 aromatic rings. The van der Waals surface area contributed by atoms with Gasteiger partial charge in [-0.25, -0.2) is 13.8 Å². The summed E-state index contributed by atoms with van der Waals surface area (Å²) in [5.74, 6) is -0.728. The molecule has 88 valence electrons. The summed E-state index contributed by atoms with van der Waals surface area (Å²) in [4.78, 5) is 14.7. The smallest absolute Gasteiger partial charge is 0.311 e. The van der Waals surface area contributed by atoms with Crippen LogP contribution in [0.15, 0.2) is 6.07 Å². The van der Waals surface area contributed by atoms with Crippen molar-refractivity contribution >= 4 is 17.5 Å². The molecule has 1 rings (SSSR count). The summed E-state index contributed by atoms with van der Waals surface area (Å²) in [5.41, 5.74) is 10.1. The van der Waals surface area contributed by atoms with E-state index in [1.165, 1.54) is 7.11 Å². The molecule has 1 heterocycles. The lowest BCUT2D eigenvalue weighted by atomic mass is 10.1. The van der Waals surface area contributed by atoms with Gasteiger partial charge in [-0.1, -0.05) is 0 Å². The molecule has 0 amide bonds. The molecule has 16 heavy (non-hydrogen) atoms. The molecule has 0 saturated heterocycles. The van der Waals surface area contributed by atoms with Crippen LogP contribution in [-0.4, -0.2) is 18.1 Å². The van der Waals surface area contributed by atoms with Gasteiger partial charge in [0.1, 0.15) is 5.82 Å². The van der Waals surface area contributed by atoms with Gasteiger partial charge in [0.2, 0.25) is 0 Å². The summed E-state index contributed by atoms with van der Waals surface area (Å²) in [6.45, 7) is 0. The van der Waals surface area contributed by atoms with Gasteiger partial charge in [-0.05, 0) is 6.07 Å². The maximum Gasteiger partial charge on any atom is 0.311 e. The normalized spacial score (nSPS) is 10.5. The van der Waals surface area contributed by atoms with E-state index < -0.39 is 18.0 Å². The van der Waals surface area contributed by atoms with Crippen molar-refractivity contribution in [1.29, 1.82) is 0 Å². The molecular weight excluding hydrogens is 220 g/mol. The zero-order valence-electron chi connectivity index (χ0n) is 8.54. The van der Waals surface area contributed by atoms with Crippen molar-refractivity contribution in [3.8, 4) is 0 Å². The number of nitrogens with two attached hydrogens (primary N) is 2. The fourth-order valence-corrected chi connectivity index (χ4v) is 1.18. The third kappa shape index (κ3) is 2.56. The first-order valence-corrected chi connectivity index (χ1v) is 4.35. The molecule has 0 saturated carbocycles. The second kappa shape index (κ2) is 4.73. The lowest BCUT2D eigenvalue weighted by molar-refractivity contribution is -0.139. The largest absolute Gasteiger partial charge is 0.469 e. The molecule has 0 bridgehead atoms. The predicted octanol–water partition coefficient (Wildman–Crippen LogP) is 0.899. The SMILES string of the molecule is COC(=O)Cc1nc(N)cc(C(F)F)c1N. The molecule has 1 aromatic heterocycles. The molecule has 0 spiro atoms. The summed E-state index contributed by atoms with van der Waals surface area (Å²) in [7, 11) is 1.18. The average Bonchev–Trinajstić information content (AvgIpc) is 2.22. The summed E-state index contributed by atoms with van der Waals surface area (Å²) in [6, 6.07) is 0.987. The number of rotatable bonds is 3. The minimum absolute atomic E-state index is 0.00199. The Morgan fingerprint density at radius 3 is 2.69 bits per heavy atom. The summed E-state index contributed by atoms with van der Waals surface area (Å²) in [5, 5.41) is 0. The fourth-order valence-electron chi connectivity index (χ4n) is 1.18. The van der Waals surface area contributed by atoms with E-state index in [1.54, 1.807) is 0 Å². The molecule has 4 N–H and O–H groups in total. The molecule has 0 aliphatic carbocycles. The van der Waals surface area contributed by atoms with Crippen molar-refractivity contribution < 1.29 is 18.3 Å². The highest BCUT2D eigenvalue weighted by Crippen LogP contribution is 2.28. The Balaban J connectivity index is 3.14. The second-order valence-electron chi connectivity index (χ2n) is 3.05. The van der Waals surface area contributed by atoms with Crippen LogP contribution in [0.1, 0.15) is 17.7 Å². The van der Waals surface area contributed by atoms with Gasteiger partial charge in [0.25, 0.3) is 6.43 Å². The number of anilines is 2. The summed E-state index contributed by atoms with van der Waals surface area (Å²) in [6.07, 6.45) is -3.05. The lowest BCUT2D eigenvalue weighted by Crippen LogP contribution is -2.12. The number of hydrogen-bond acceptors (Lipinski definition) is 5. The Morgan fingerprint density at radius 2 is 2.19 bits per heavy atom. The second-order valence-corrected chi connectivity index (χ2v) is 3.05. The van der Waals surface area contributed by atoms with Crippen LogP contribution in [0.3, 0.4) is 0 Å². The number of ether oxygens (including phenoxy) is 1. The van der Waals surface area contributed by atoms with E-state index in [0.29, 0.717) is 0 Å². The van der Waals surface area contributed by atoms with Crippen LogP contribution in [0.25, 0.3) is 0 Å². The molecule has 7 heteroatoms. The van der Waals surface area contributed by atoms with Crippen LogP contribution in [0.4, 0.5) is 20.3 Å². The van der Waals surface area contributed by atoms with Crippen LogP contribution in [-0.2, 0) is 16.0 Å². The molecule has 0 radical (unpaired) electrons. The molecule has 5 nitrogen and oxygen atoms in total. The van der Waals surface area contributed by atoms with Gasteiger partial charge >= 0.3 is 5.97 Å². The molecule has 0 fully saturated rings. The first-order valence-electron chi connectivity index (χ1n) is 4.35. The Labute approximate surface area is 90.4 Å². The molecular formula is C9H11F2N3O2. The average molecular weight is 231 g/mol. The quantitative estimate of drug-likeness (QED) is 0.754. The number of nitrogen functional groups attached to an aromatic ring is 2. The maximum absolute atomic E-state index is 12.5. The summed E-state index contributed by atoms with van der Waals surface area (Å²) >= 11 is 0. The zero-order valence-corrected chi connectivity index (χ0v) is 8.54. The van der Waals surface area contributed by atoms with Gasteiger partial charge < -0.3 is 16.2 Å². The van der Waals surface area contributed by atoms with Crippen LogP contribution < -0.4 is 11.5 Å². The highest BCUT2D eigenvalue weighted by Gasteiger charge is 2.18. The Kier molecular flexibility index (Phi) is 3.60. The Morgan fingerprint density at radius 1 is 1.56 bits per heavy atom. The van der Waals surface area contributed by atoms with Gasteiger partial charge in [0, 0.05) is 5.56 Å². The molecule has 0 atom stereocenters. The minimum Gasteiger partial charge on any atom is -0.469 e. The molecule has 0 aliphatic heterocycles. The van der Waals surface area contributed by atoms with Crippen molar-refractivity contribution in [1.82, 2.24) is 4.98 Å². The number of methoxy groups -OCH3 is 1. The number of carbonyl (C=O) groups is 1. The molecule has 0 aromatic carbocycles. The van der Waals surface area contributed by atoms with Crippen LogP contribution >= 0.6 is 0 Å². The maximum atomic E-state index is 12.5. The van der Waals surface area contributed by atoms with E-state index in [-0.39, 0.29) is 23.6 Å². The van der Waals surface area contributed by atoms with Crippen LogP contribution in [0.5, 0.6) is 0 Å². The van der Waals surface area contributed by atoms with Crippen molar-refractivity contribution in [2.45, 2.75) is 12.8 Å². The Hall–Kier alpha value is -1.92. The fraction of sp³-hybridized carbons (Fsp3) is 0.333. The van der Waals surface area contributed by atoms with Crippen molar-refractivity contribution in [3.63, 3.8) is 0 Å². The van der Waals surface area contributed by atoms with Crippen molar-refractivity contribution in [2.24, 2.45) is 0 Å². The third-order valence-electron chi connectivity index (χ3n) is 1.96. The van der Waals surface area contributed by atoms with E-state index in [9.17, 15) is 13.6 Å². The number of nitrogens with zero attached hydrogens (tertiary/aromatic N) is 1. The van der Waals surface area contributed by atoms with Crippen LogP contribution in [0.2, 0.25) is 0 Å². The Bertz CT molecular complexity index is 410. The number of halogens is 2. The van der Waals surface area contributed by atoms with Crippen LogP contribution in [0, 0.1) is 0 Å². The van der Waals surface area contributed by atoms with Gasteiger partial charge in [-0.2, -0.15) is 0 Å². The van der Waals surface area contributed by atoms with Gasteiger partial charge in [-0.15, -0.1) is 0 Å². The number of alkyl halides is 2. The third-order valence-corrected chi connectivity index (χ3v) is 1.96. The number of carbonyl (C=O) groups excluding carboxylic acids is 1. The van der Waals surface area contributed by atoms with E-state index in [1.807, 2.05) is 0 Å². The highest BCUT2D eigenvalue weighted by molar-refractivity contribution is 5.75. The number of pyridine rings is 1. The highest BCUT2D eigenvalue weighted by atomic mass is 19.3. The molecule has 0 aliphatic rings. The van der Waals surface area contributed by atoms with E-state index in [0.717, 1.165) is 6.07 Å². The van der Waals surface area contributed by atoms with E-state index >= 15 is 0 Å². The van der Waals surface area contributed by atoms with Gasteiger partial charge in [0.05, 0.1) is 24.9 Å². The summed E-state index contributed by atoms with van der Waals surface area (Å²) < 4.78 is 29.4. The van der Waals surface area contributed by atoms with E-state index in [4.69, 9.17) is 11.5 Å². The topological polar surface area (TPSA) is 91.2 Å². The zero-order chi connectivity index (χ0) is 12.3. The lowest BCUT2D eigenvalue weighted by Gasteiger charge is -2.10. The van der Waals surface area contributed by atoms with Crippen molar-refractivity contribution in [2.75, 3.05) is 18.6 Å². The molecule has 0 unspecified atom stereocenters. The van der Waals surface area contributed by atoms with Gasteiger partial charge in [0.15, 0.2) is 0 Å². The monoisotopic (exact) mass is 231 g/mol. The van der Waals surface area contributed by atoms with Crippen molar-refractivity contribution in [3.05, 3.63) is 17.3 Å².